The largest absolute Gasteiger partial charge is 0.369 e. The van der Waals surface area contributed by atoms with Crippen molar-refractivity contribution in [2.75, 3.05) is 0 Å². The van der Waals surface area contributed by atoms with E-state index < -0.39 is 14.1 Å². The molecule has 0 N–H and O–H groups in total. The normalized spacial score (nSPS) is 66.6. The molecular formula is C12H8Cl6O. The van der Waals surface area contributed by atoms with Gasteiger partial charge in [0.15, 0.2) is 4.33 Å². The standard InChI is InChI=1S/C12H8Cl6O/c13-8-9(14)11(16)5-3-1-2(6-7(3)19-6)4(5)10(8,15)12(11,17)18/h2-7H,1H2/t2-,3-,4-,5-,6-,7-,10+,11+/m1/s1. The molecule has 0 radical (unpaired) electrons. The zero-order valence-corrected chi connectivity index (χ0v) is 13.9. The van der Waals surface area contributed by atoms with E-state index in [0.29, 0.717) is 21.9 Å². The Morgan fingerprint density at radius 1 is 0.842 bits per heavy atom. The van der Waals surface area contributed by atoms with E-state index in [1.807, 2.05) is 0 Å². The van der Waals surface area contributed by atoms with Crippen molar-refractivity contribution < 1.29 is 4.74 Å². The summed E-state index contributed by atoms with van der Waals surface area (Å²) in [5.41, 5.74) is 0. The number of ether oxygens (including phenoxy) is 1. The minimum Gasteiger partial charge on any atom is -0.369 e. The van der Waals surface area contributed by atoms with Crippen molar-refractivity contribution in [2.24, 2.45) is 23.7 Å². The van der Waals surface area contributed by atoms with Crippen molar-refractivity contribution in [1.82, 2.24) is 0 Å². The fourth-order valence-electron chi connectivity index (χ4n) is 5.30. The Morgan fingerprint density at radius 2 is 1.26 bits per heavy atom. The summed E-state index contributed by atoms with van der Waals surface area (Å²) in [6.07, 6.45) is 1.63. The SMILES string of the molecule is ClC1=C(Cl)[C@@]2(Cl)[C@@H]3[C@H]4C[C@@H]([C@H]5O[C@H]45)[C@H]3[C@@]1(Cl)C2(Cl)Cl. The number of epoxide rings is 1. The zero-order valence-electron chi connectivity index (χ0n) is 9.35. The Balaban J connectivity index is 1.80. The highest BCUT2D eigenvalue weighted by Gasteiger charge is 2.89. The van der Waals surface area contributed by atoms with E-state index in [0.717, 1.165) is 6.42 Å². The summed E-state index contributed by atoms with van der Waals surface area (Å²) in [4.78, 5) is -2.17. The molecule has 7 heteroatoms. The van der Waals surface area contributed by atoms with Crippen LogP contribution in [-0.2, 0) is 4.74 Å². The Bertz CT molecular complexity index is 516. The van der Waals surface area contributed by atoms with Gasteiger partial charge in [0.1, 0.15) is 9.75 Å². The molecule has 1 saturated heterocycles. The van der Waals surface area contributed by atoms with Crippen molar-refractivity contribution in [2.45, 2.75) is 32.7 Å². The number of hydrogen-bond acceptors (Lipinski definition) is 1. The molecule has 5 rings (SSSR count). The summed E-state index contributed by atoms with van der Waals surface area (Å²) in [6.45, 7) is 0. The van der Waals surface area contributed by atoms with Crippen molar-refractivity contribution in [3.8, 4) is 0 Å². The Hall–Kier alpha value is 1.44. The average molecular weight is 381 g/mol. The Morgan fingerprint density at radius 3 is 1.68 bits per heavy atom. The first-order chi connectivity index (χ1) is 8.78. The second-order valence-electron chi connectivity index (χ2n) is 6.31. The third-order valence-electron chi connectivity index (χ3n) is 5.92. The van der Waals surface area contributed by atoms with Crippen molar-refractivity contribution in [3.63, 3.8) is 0 Å². The van der Waals surface area contributed by atoms with Gasteiger partial charge in [0.05, 0.1) is 22.3 Å². The smallest absolute Gasteiger partial charge is 0.166 e. The van der Waals surface area contributed by atoms with Crippen molar-refractivity contribution in [1.29, 1.82) is 0 Å². The van der Waals surface area contributed by atoms with E-state index in [-0.39, 0.29) is 24.0 Å². The lowest BCUT2D eigenvalue weighted by atomic mass is 9.73. The highest BCUT2D eigenvalue weighted by molar-refractivity contribution is 6.65. The molecule has 3 saturated carbocycles. The van der Waals surface area contributed by atoms with Crippen molar-refractivity contribution >= 4 is 69.6 Å². The molecule has 1 nitrogen and oxygen atoms in total. The summed E-state index contributed by atoms with van der Waals surface area (Å²) in [7, 11) is 0. The molecule has 4 fully saturated rings. The number of rotatable bonds is 0. The topological polar surface area (TPSA) is 12.5 Å². The van der Waals surface area contributed by atoms with E-state index >= 15 is 0 Å². The first kappa shape index (κ1) is 12.9. The minimum atomic E-state index is -1.37. The molecule has 4 aliphatic carbocycles. The number of allylic oxidation sites excluding steroid dienone is 2. The number of halogens is 6. The van der Waals surface area contributed by atoms with Gasteiger partial charge in [-0.3, -0.25) is 0 Å². The van der Waals surface area contributed by atoms with Gasteiger partial charge in [0.25, 0.3) is 0 Å². The van der Waals surface area contributed by atoms with Crippen LogP contribution in [0, 0.1) is 23.7 Å². The van der Waals surface area contributed by atoms with Crippen LogP contribution in [0.1, 0.15) is 6.42 Å². The Labute approximate surface area is 140 Å². The lowest BCUT2D eigenvalue weighted by Crippen LogP contribution is -2.46. The minimum absolute atomic E-state index is 0.0467. The van der Waals surface area contributed by atoms with Crippen LogP contribution in [0.5, 0.6) is 0 Å². The second-order valence-corrected chi connectivity index (χ2v) is 9.58. The monoisotopic (exact) mass is 378 g/mol. The Kier molecular flexibility index (Phi) is 2.18. The summed E-state index contributed by atoms with van der Waals surface area (Å²) >= 11 is 39.5. The number of fused-ring (bicyclic) bond motifs is 12. The number of hydrogen-bond donors (Lipinski definition) is 0. The van der Waals surface area contributed by atoms with Crippen LogP contribution in [0.3, 0.4) is 0 Å². The first-order valence-corrected chi connectivity index (χ1v) is 8.52. The molecular weight excluding hydrogens is 373 g/mol. The molecule has 0 amide bonds. The maximum absolute atomic E-state index is 6.82. The molecule has 8 atom stereocenters. The van der Waals surface area contributed by atoms with Gasteiger partial charge in [-0.1, -0.05) is 46.4 Å². The van der Waals surface area contributed by atoms with Gasteiger partial charge in [-0.15, -0.1) is 23.2 Å². The van der Waals surface area contributed by atoms with Crippen LogP contribution in [0.4, 0.5) is 0 Å². The molecule has 4 bridgehead atoms. The second kappa shape index (κ2) is 3.20. The molecule has 19 heavy (non-hydrogen) atoms. The van der Waals surface area contributed by atoms with Gasteiger partial charge >= 0.3 is 0 Å². The molecule has 5 aliphatic rings. The maximum atomic E-state index is 6.82. The predicted octanol–water partition coefficient (Wildman–Crippen LogP) is 4.48. The van der Waals surface area contributed by atoms with Gasteiger partial charge in [-0.05, 0) is 30.1 Å². The van der Waals surface area contributed by atoms with Crippen LogP contribution in [0.2, 0.25) is 0 Å². The van der Waals surface area contributed by atoms with E-state index in [2.05, 4.69) is 0 Å². The highest BCUT2D eigenvalue weighted by atomic mass is 35.5. The fraction of sp³-hybridized carbons (Fsp3) is 0.833. The van der Waals surface area contributed by atoms with E-state index in [9.17, 15) is 0 Å². The molecule has 1 aliphatic heterocycles. The fourth-order valence-corrected chi connectivity index (χ4v) is 8.43. The van der Waals surface area contributed by atoms with Gasteiger partial charge in [-0.25, -0.2) is 0 Å². The van der Waals surface area contributed by atoms with Gasteiger partial charge in [0, 0.05) is 0 Å². The first-order valence-electron chi connectivity index (χ1n) is 6.25. The van der Waals surface area contributed by atoms with Crippen LogP contribution in [-0.4, -0.2) is 26.3 Å². The quantitative estimate of drug-likeness (QED) is 0.343. The summed E-state index contributed by atoms with van der Waals surface area (Å²) in [5, 5.41) is 0.642. The summed E-state index contributed by atoms with van der Waals surface area (Å²) < 4.78 is 4.35. The lowest BCUT2D eigenvalue weighted by Gasteiger charge is -2.38. The average Bonchev–Trinajstić information content (AvgIpc) is 2.91. The zero-order chi connectivity index (χ0) is 13.5. The summed E-state index contributed by atoms with van der Waals surface area (Å²) in [6, 6.07) is 0. The third kappa shape index (κ3) is 0.986. The number of alkyl halides is 4. The van der Waals surface area contributed by atoms with Gasteiger partial charge < -0.3 is 4.74 Å². The molecule has 1 heterocycles. The molecule has 104 valence electrons. The van der Waals surface area contributed by atoms with E-state index in [1.165, 1.54) is 0 Å². The van der Waals surface area contributed by atoms with Crippen LogP contribution < -0.4 is 0 Å². The highest BCUT2D eigenvalue weighted by Crippen LogP contribution is 2.84. The van der Waals surface area contributed by atoms with Crippen LogP contribution in [0.15, 0.2) is 10.1 Å². The molecule has 0 aromatic carbocycles. The van der Waals surface area contributed by atoms with E-state index in [4.69, 9.17) is 74.3 Å². The molecule has 0 aromatic rings. The molecule has 0 unspecified atom stereocenters. The van der Waals surface area contributed by atoms with Crippen LogP contribution >= 0.6 is 69.6 Å². The third-order valence-corrected chi connectivity index (χ3v) is 10.2. The van der Waals surface area contributed by atoms with Crippen molar-refractivity contribution in [3.05, 3.63) is 10.1 Å². The molecule has 0 aromatic heterocycles. The van der Waals surface area contributed by atoms with Gasteiger partial charge in [-0.2, -0.15) is 0 Å². The van der Waals surface area contributed by atoms with Crippen LogP contribution in [0.25, 0.3) is 0 Å². The maximum Gasteiger partial charge on any atom is 0.166 e. The van der Waals surface area contributed by atoms with Gasteiger partial charge in [0.2, 0.25) is 0 Å². The summed E-state index contributed by atoms with van der Waals surface area (Å²) in [5.74, 6) is 0.776. The molecule has 0 spiro atoms. The predicted molar refractivity (Wildman–Crippen MR) is 77.6 cm³/mol. The lowest BCUT2D eigenvalue weighted by molar-refractivity contribution is 0.237. The van der Waals surface area contributed by atoms with E-state index in [1.54, 1.807) is 0 Å².